The summed E-state index contributed by atoms with van der Waals surface area (Å²) in [5.74, 6) is 2.41. The van der Waals surface area contributed by atoms with Crippen LogP contribution in [-0.2, 0) is 0 Å². The van der Waals surface area contributed by atoms with Crippen molar-refractivity contribution in [3.05, 3.63) is 24.3 Å². The molecule has 0 bridgehead atoms. The summed E-state index contributed by atoms with van der Waals surface area (Å²) in [6.45, 7) is 4.24. The molecule has 5 nitrogen and oxygen atoms in total. The van der Waals surface area contributed by atoms with Crippen LogP contribution in [0.4, 0.5) is 0 Å². The summed E-state index contributed by atoms with van der Waals surface area (Å²) in [5.41, 5.74) is 0. The molecule has 2 rings (SSSR count). The molecule has 1 atom stereocenters. The quantitative estimate of drug-likeness (QED) is 0.637. The highest BCUT2D eigenvalue weighted by Crippen LogP contribution is 2.30. The Balaban J connectivity index is 1.82. The zero-order valence-corrected chi connectivity index (χ0v) is 11.5. The first-order valence-corrected chi connectivity index (χ1v) is 6.66. The first-order chi connectivity index (χ1) is 9.33. The Morgan fingerprint density at radius 1 is 1.32 bits per heavy atom. The van der Waals surface area contributed by atoms with Crippen LogP contribution in [0, 0.1) is 0 Å². The first-order valence-electron chi connectivity index (χ1n) is 6.66. The van der Waals surface area contributed by atoms with Crippen molar-refractivity contribution < 1.29 is 9.47 Å². The van der Waals surface area contributed by atoms with Crippen molar-refractivity contribution in [1.29, 1.82) is 0 Å². The predicted octanol–water partition coefficient (Wildman–Crippen LogP) is 1.40. The van der Waals surface area contributed by atoms with Gasteiger partial charge in [0, 0.05) is 13.6 Å². The van der Waals surface area contributed by atoms with Crippen LogP contribution in [0.2, 0.25) is 0 Å². The summed E-state index contributed by atoms with van der Waals surface area (Å²) in [6.07, 6.45) is 1.06. The molecule has 1 aliphatic rings. The van der Waals surface area contributed by atoms with Gasteiger partial charge in [-0.15, -0.1) is 0 Å². The summed E-state index contributed by atoms with van der Waals surface area (Å²) in [5, 5.41) is 6.46. The van der Waals surface area contributed by atoms with Crippen LogP contribution in [0.25, 0.3) is 0 Å². The molecule has 1 heterocycles. The van der Waals surface area contributed by atoms with Gasteiger partial charge in [0.2, 0.25) is 0 Å². The van der Waals surface area contributed by atoms with Gasteiger partial charge in [-0.25, -0.2) is 0 Å². The molecule has 0 aromatic heterocycles. The number of para-hydroxylation sites is 2. The Kier molecular flexibility index (Phi) is 4.89. The molecular formula is C14H21N3O2. The summed E-state index contributed by atoms with van der Waals surface area (Å²) in [6, 6.07) is 7.73. The molecule has 0 aliphatic carbocycles. The number of nitrogens with one attached hydrogen (secondary N) is 2. The van der Waals surface area contributed by atoms with E-state index in [1.165, 1.54) is 0 Å². The molecule has 1 aliphatic heterocycles. The van der Waals surface area contributed by atoms with Crippen molar-refractivity contribution in [3.63, 3.8) is 0 Å². The average Bonchev–Trinajstić information content (AvgIpc) is 2.47. The fourth-order valence-corrected chi connectivity index (χ4v) is 1.84. The summed E-state index contributed by atoms with van der Waals surface area (Å²) >= 11 is 0. The van der Waals surface area contributed by atoms with Crippen molar-refractivity contribution in [1.82, 2.24) is 10.6 Å². The van der Waals surface area contributed by atoms with Gasteiger partial charge in [0.05, 0.1) is 6.54 Å². The second-order valence-corrected chi connectivity index (χ2v) is 4.38. The topological polar surface area (TPSA) is 54.9 Å². The fourth-order valence-electron chi connectivity index (χ4n) is 1.84. The van der Waals surface area contributed by atoms with Crippen LogP contribution in [0.15, 0.2) is 29.3 Å². The van der Waals surface area contributed by atoms with Crippen LogP contribution in [0.5, 0.6) is 11.5 Å². The van der Waals surface area contributed by atoms with Crippen LogP contribution in [0.1, 0.15) is 13.3 Å². The van der Waals surface area contributed by atoms with Gasteiger partial charge in [0.25, 0.3) is 0 Å². The van der Waals surface area contributed by atoms with E-state index >= 15 is 0 Å². The lowest BCUT2D eigenvalue weighted by Crippen LogP contribution is -2.45. The van der Waals surface area contributed by atoms with E-state index in [0.29, 0.717) is 13.2 Å². The number of hydrogen-bond acceptors (Lipinski definition) is 3. The maximum atomic E-state index is 5.86. The zero-order chi connectivity index (χ0) is 13.5. The smallest absolute Gasteiger partial charge is 0.191 e. The number of rotatable bonds is 4. The maximum Gasteiger partial charge on any atom is 0.191 e. The number of aliphatic imine (C=N–C) groups is 1. The highest BCUT2D eigenvalue weighted by molar-refractivity contribution is 5.79. The third-order valence-corrected chi connectivity index (χ3v) is 2.83. The van der Waals surface area contributed by atoms with Gasteiger partial charge < -0.3 is 20.1 Å². The van der Waals surface area contributed by atoms with E-state index in [4.69, 9.17) is 9.47 Å². The molecule has 0 fully saturated rings. The normalized spacial score (nSPS) is 18.0. The number of nitrogens with zero attached hydrogens (tertiary/aromatic N) is 1. The molecular weight excluding hydrogens is 242 g/mol. The minimum atomic E-state index is -0.00456. The van der Waals surface area contributed by atoms with Crippen molar-refractivity contribution in [3.8, 4) is 11.5 Å². The van der Waals surface area contributed by atoms with Crippen molar-refractivity contribution in [2.24, 2.45) is 4.99 Å². The van der Waals surface area contributed by atoms with Crippen LogP contribution >= 0.6 is 0 Å². The van der Waals surface area contributed by atoms with Gasteiger partial charge in [-0.1, -0.05) is 19.1 Å². The second-order valence-electron chi connectivity index (χ2n) is 4.38. The minimum Gasteiger partial charge on any atom is -0.486 e. The number of ether oxygens (including phenoxy) is 2. The molecule has 0 radical (unpaired) electrons. The number of hydrogen-bond donors (Lipinski definition) is 2. The third kappa shape index (κ3) is 3.77. The van der Waals surface area contributed by atoms with E-state index in [-0.39, 0.29) is 6.10 Å². The van der Waals surface area contributed by atoms with Gasteiger partial charge in [-0.05, 0) is 18.6 Å². The molecule has 19 heavy (non-hydrogen) atoms. The molecule has 1 unspecified atom stereocenters. The lowest BCUT2D eigenvalue weighted by Gasteiger charge is -2.27. The molecule has 0 amide bonds. The van der Waals surface area contributed by atoms with E-state index < -0.39 is 0 Å². The van der Waals surface area contributed by atoms with E-state index in [1.807, 2.05) is 24.3 Å². The van der Waals surface area contributed by atoms with Crippen LogP contribution < -0.4 is 20.1 Å². The largest absolute Gasteiger partial charge is 0.486 e. The van der Waals surface area contributed by atoms with Crippen molar-refractivity contribution in [2.45, 2.75) is 19.4 Å². The average molecular weight is 263 g/mol. The molecule has 1 aromatic rings. The molecule has 1 aromatic carbocycles. The highest BCUT2D eigenvalue weighted by Gasteiger charge is 2.20. The molecule has 104 valence electrons. The minimum absolute atomic E-state index is 0.00456. The number of fused-ring (bicyclic) bond motifs is 1. The standard InChI is InChI=1S/C14H21N3O2/c1-3-8-16-14(15-2)17-9-11-10-18-12-6-4-5-7-13(12)19-11/h4-7,11H,3,8-10H2,1-2H3,(H2,15,16,17). The Morgan fingerprint density at radius 2 is 2.11 bits per heavy atom. The summed E-state index contributed by atoms with van der Waals surface area (Å²) in [7, 11) is 1.76. The van der Waals surface area contributed by atoms with Gasteiger partial charge in [0.1, 0.15) is 12.7 Å². The lowest BCUT2D eigenvalue weighted by atomic mass is 10.2. The van der Waals surface area contributed by atoms with E-state index in [0.717, 1.165) is 30.4 Å². The van der Waals surface area contributed by atoms with Gasteiger partial charge in [-0.3, -0.25) is 4.99 Å². The molecule has 0 saturated heterocycles. The molecule has 0 saturated carbocycles. The Hall–Kier alpha value is -1.91. The molecule has 0 spiro atoms. The van der Waals surface area contributed by atoms with E-state index in [1.54, 1.807) is 7.05 Å². The highest BCUT2D eigenvalue weighted by atomic mass is 16.6. The van der Waals surface area contributed by atoms with Gasteiger partial charge in [-0.2, -0.15) is 0 Å². The summed E-state index contributed by atoms with van der Waals surface area (Å²) in [4.78, 5) is 4.15. The van der Waals surface area contributed by atoms with Crippen molar-refractivity contribution >= 4 is 5.96 Å². The first kappa shape index (κ1) is 13.5. The zero-order valence-electron chi connectivity index (χ0n) is 11.5. The second kappa shape index (κ2) is 6.87. The van der Waals surface area contributed by atoms with Crippen molar-refractivity contribution in [2.75, 3.05) is 26.7 Å². The van der Waals surface area contributed by atoms with Gasteiger partial charge >= 0.3 is 0 Å². The number of benzene rings is 1. The van der Waals surface area contributed by atoms with Crippen LogP contribution in [-0.4, -0.2) is 38.8 Å². The predicted molar refractivity (Wildman–Crippen MR) is 76.0 cm³/mol. The van der Waals surface area contributed by atoms with E-state index in [2.05, 4.69) is 22.5 Å². The molecule has 5 heteroatoms. The summed E-state index contributed by atoms with van der Waals surface area (Å²) < 4.78 is 11.5. The lowest BCUT2D eigenvalue weighted by molar-refractivity contribution is 0.0936. The van der Waals surface area contributed by atoms with E-state index in [9.17, 15) is 0 Å². The third-order valence-electron chi connectivity index (χ3n) is 2.83. The fraction of sp³-hybridized carbons (Fsp3) is 0.500. The SMILES string of the molecule is CCCNC(=NC)NCC1COc2ccccc2O1. The number of guanidine groups is 1. The maximum absolute atomic E-state index is 5.86. The van der Waals surface area contributed by atoms with Crippen LogP contribution in [0.3, 0.4) is 0 Å². The molecule has 2 N–H and O–H groups in total. The Morgan fingerprint density at radius 3 is 2.84 bits per heavy atom. The Bertz CT molecular complexity index is 434. The van der Waals surface area contributed by atoms with Gasteiger partial charge in [0.15, 0.2) is 17.5 Å². The Labute approximate surface area is 114 Å². The monoisotopic (exact) mass is 263 g/mol.